The van der Waals surface area contributed by atoms with Crippen LogP contribution in [0.4, 0.5) is 4.39 Å². The van der Waals surface area contributed by atoms with Crippen molar-refractivity contribution in [2.75, 3.05) is 26.2 Å². The summed E-state index contributed by atoms with van der Waals surface area (Å²) < 4.78 is 12.9. The van der Waals surface area contributed by atoms with Crippen LogP contribution in [0.2, 0.25) is 0 Å². The lowest BCUT2D eigenvalue weighted by Crippen LogP contribution is -2.38. The normalized spacial score (nSPS) is 19.3. The van der Waals surface area contributed by atoms with Gasteiger partial charge in [0.25, 0.3) is 0 Å². The fourth-order valence-electron chi connectivity index (χ4n) is 3.20. The summed E-state index contributed by atoms with van der Waals surface area (Å²) in [5.74, 6) is 0.442. The highest BCUT2D eigenvalue weighted by Crippen LogP contribution is 2.19. The van der Waals surface area contributed by atoms with Crippen LogP contribution in [0.25, 0.3) is 0 Å². The van der Waals surface area contributed by atoms with Crippen LogP contribution in [0, 0.1) is 11.7 Å². The molecule has 0 atom stereocenters. The monoisotopic (exact) mass is 317 g/mol. The summed E-state index contributed by atoms with van der Waals surface area (Å²) in [5.41, 5.74) is 2.01. The summed E-state index contributed by atoms with van der Waals surface area (Å²) in [6.45, 7) is 4.56. The number of hydrogen-bond donors (Lipinski definition) is 2. The molecular formula is C18H24FN3O. The Morgan fingerprint density at radius 3 is 2.65 bits per heavy atom. The molecule has 0 radical (unpaired) electrons. The van der Waals surface area contributed by atoms with E-state index in [1.165, 1.54) is 12.1 Å². The van der Waals surface area contributed by atoms with Crippen molar-refractivity contribution >= 4 is 5.91 Å². The molecule has 23 heavy (non-hydrogen) atoms. The lowest BCUT2D eigenvalue weighted by molar-refractivity contribution is -0.117. The van der Waals surface area contributed by atoms with Gasteiger partial charge in [-0.25, -0.2) is 4.39 Å². The second-order valence-corrected chi connectivity index (χ2v) is 6.43. The van der Waals surface area contributed by atoms with E-state index in [9.17, 15) is 9.18 Å². The quantitative estimate of drug-likeness (QED) is 0.873. The Bertz CT molecular complexity index is 562. The minimum absolute atomic E-state index is 0.0729. The zero-order valence-corrected chi connectivity index (χ0v) is 13.4. The summed E-state index contributed by atoms with van der Waals surface area (Å²) in [7, 11) is 0. The van der Waals surface area contributed by atoms with Crippen LogP contribution in [0.3, 0.4) is 0 Å². The minimum atomic E-state index is -0.184. The van der Waals surface area contributed by atoms with Crippen LogP contribution in [-0.2, 0) is 11.3 Å². The molecule has 4 nitrogen and oxygen atoms in total. The molecule has 3 rings (SSSR count). The Labute approximate surface area is 136 Å². The molecule has 1 saturated heterocycles. The molecule has 5 heteroatoms. The van der Waals surface area contributed by atoms with Gasteiger partial charge in [0.2, 0.25) is 5.91 Å². The average molecular weight is 317 g/mol. The molecule has 0 bridgehead atoms. The maximum absolute atomic E-state index is 12.9. The van der Waals surface area contributed by atoms with Gasteiger partial charge in [-0.2, -0.15) is 0 Å². The summed E-state index contributed by atoms with van der Waals surface area (Å²) >= 11 is 0. The zero-order chi connectivity index (χ0) is 16.1. The van der Waals surface area contributed by atoms with Crippen LogP contribution in [0.1, 0.15) is 24.8 Å². The lowest BCUT2D eigenvalue weighted by atomic mass is 9.96. The predicted molar refractivity (Wildman–Crippen MR) is 88.1 cm³/mol. The lowest BCUT2D eigenvalue weighted by Gasteiger charge is -2.32. The number of hydrogen-bond acceptors (Lipinski definition) is 3. The highest BCUT2D eigenvalue weighted by molar-refractivity contribution is 5.93. The second-order valence-electron chi connectivity index (χ2n) is 6.43. The third-order valence-corrected chi connectivity index (χ3v) is 4.68. The van der Waals surface area contributed by atoms with Crippen molar-refractivity contribution < 1.29 is 9.18 Å². The minimum Gasteiger partial charge on any atom is -0.390 e. The van der Waals surface area contributed by atoms with Gasteiger partial charge in [-0.05, 0) is 56.0 Å². The maximum Gasteiger partial charge on any atom is 0.248 e. The number of piperidine rings is 1. The van der Waals surface area contributed by atoms with Gasteiger partial charge in [-0.3, -0.25) is 9.69 Å². The number of halogens is 1. The Morgan fingerprint density at radius 2 is 2.00 bits per heavy atom. The van der Waals surface area contributed by atoms with E-state index in [1.54, 1.807) is 0 Å². The summed E-state index contributed by atoms with van der Waals surface area (Å²) in [6.07, 6.45) is 4.83. The predicted octanol–water partition coefficient (Wildman–Crippen LogP) is 2.03. The first kappa shape index (κ1) is 16.0. The van der Waals surface area contributed by atoms with E-state index in [-0.39, 0.29) is 11.7 Å². The standard InChI is InChI=1S/C18H24FN3O/c19-17-3-1-15(2-4-17)13-22-9-6-14(7-10-22)11-21-18(23)16-5-8-20-12-16/h1-4,12,14,20H,5-11,13H2,(H,21,23). The van der Waals surface area contributed by atoms with Crippen molar-refractivity contribution in [3.05, 3.63) is 47.4 Å². The van der Waals surface area contributed by atoms with Crippen molar-refractivity contribution in [1.82, 2.24) is 15.5 Å². The summed E-state index contributed by atoms with van der Waals surface area (Å²) in [5, 5.41) is 6.13. The first-order chi connectivity index (χ1) is 11.2. The number of likely N-dealkylation sites (tertiary alicyclic amines) is 1. The first-order valence-electron chi connectivity index (χ1n) is 8.38. The molecule has 1 fully saturated rings. The zero-order valence-electron chi connectivity index (χ0n) is 13.4. The van der Waals surface area contributed by atoms with Gasteiger partial charge in [0.05, 0.1) is 0 Å². The molecule has 1 aromatic carbocycles. The van der Waals surface area contributed by atoms with Gasteiger partial charge in [0.1, 0.15) is 5.82 Å². The van der Waals surface area contributed by atoms with Crippen molar-refractivity contribution in [3.63, 3.8) is 0 Å². The van der Waals surface area contributed by atoms with Crippen LogP contribution in [0.15, 0.2) is 36.0 Å². The molecule has 0 aliphatic carbocycles. The van der Waals surface area contributed by atoms with Crippen molar-refractivity contribution in [3.8, 4) is 0 Å². The van der Waals surface area contributed by atoms with Gasteiger partial charge in [0, 0.05) is 31.4 Å². The third-order valence-electron chi connectivity index (χ3n) is 4.68. The van der Waals surface area contributed by atoms with Crippen LogP contribution in [-0.4, -0.2) is 37.0 Å². The molecule has 2 heterocycles. The van der Waals surface area contributed by atoms with E-state index in [4.69, 9.17) is 0 Å². The van der Waals surface area contributed by atoms with Gasteiger partial charge in [0.15, 0.2) is 0 Å². The first-order valence-corrected chi connectivity index (χ1v) is 8.38. The number of nitrogens with one attached hydrogen (secondary N) is 2. The molecule has 1 amide bonds. The molecule has 0 spiro atoms. The molecule has 1 aromatic rings. The highest BCUT2D eigenvalue weighted by atomic mass is 19.1. The van der Waals surface area contributed by atoms with Crippen LogP contribution >= 0.6 is 0 Å². The van der Waals surface area contributed by atoms with E-state index in [0.29, 0.717) is 5.92 Å². The molecule has 0 saturated carbocycles. The maximum atomic E-state index is 12.9. The summed E-state index contributed by atoms with van der Waals surface area (Å²) in [4.78, 5) is 14.4. The van der Waals surface area contributed by atoms with Gasteiger partial charge < -0.3 is 10.6 Å². The van der Waals surface area contributed by atoms with E-state index in [2.05, 4.69) is 15.5 Å². The average Bonchev–Trinajstić information content (AvgIpc) is 3.11. The highest BCUT2D eigenvalue weighted by Gasteiger charge is 2.21. The molecule has 2 aliphatic rings. The molecule has 2 aliphatic heterocycles. The van der Waals surface area contributed by atoms with Gasteiger partial charge >= 0.3 is 0 Å². The van der Waals surface area contributed by atoms with E-state index in [1.807, 2.05) is 18.3 Å². The van der Waals surface area contributed by atoms with E-state index in [0.717, 1.165) is 63.1 Å². The number of carbonyl (C=O) groups excluding carboxylic acids is 1. The third kappa shape index (κ3) is 4.55. The number of carbonyl (C=O) groups is 1. The Hall–Kier alpha value is -1.88. The Balaban J connectivity index is 1.38. The number of benzene rings is 1. The molecule has 0 unspecified atom stereocenters. The van der Waals surface area contributed by atoms with E-state index < -0.39 is 0 Å². The number of nitrogens with zero attached hydrogens (tertiary/aromatic N) is 1. The van der Waals surface area contributed by atoms with Crippen LogP contribution in [0.5, 0.6) is 0 Å². The van der Waals surface area contributed by atoms with Crippen LogP contribution < -0.4 is 10.6 Å². The second kappa shape index (κ2) is 7.59. The Morgan fingerprint density at radius 1 is 1.26 bits per heavy atom. The molecule has 124 valence electrons. The fraction of sp³-hybridized carbons (Fsp3) is 0.500. The van der Waals surface area contributed by atoms with Crippen molar-refractivity contribution in [1.29, 1.82) is 0 Å². The van der Waals surface area contributed by atoms with E-state index >= 15 is 0 Å². The van der Waals surface area contributed by atoms with Crippen molar-refractivity contribution in [2.45, 2.75) is 25.8 Å². The molecule has 2 N–H and O–H groups in total. The largest absolute Gasteiger partial charge is 0.390 e. The number of amides is 1. The smallest absolute Gasteiger partial charge is 0.248 e. The molecular weight excluding hydrogens is 293 g/mol. The number of rotatable bonds is 5. The fourth-order valence-corrected chi connectivity index (χ4v) is 3.20. The van der Waals surface area contributed by atoms with Gasteiger partial charge in [-0.15, -0.1) is 0 Å². The summed E-state index contributed by atoms with van der Waals surface area (Å²) in [6, 6.07) is 6.74. The van der Waals surface area contributed by atoms with Gasteiger partial charge in [-0.1, -0.05) is 12.1 Å². The SMILES string of the molecule is O=C(NCC1CCN(Cc2ccc(F)cc2)CC1)C1=CNCC1. The molecule has 0 aromatic heterocycles. The van der Waals surface area contributed by atoms with Crippen molar-refractivity contribution in [2.24, 2.45) is 5.92 Å². The Kier molecular flexibility index (Phi) is 5.28. The topological polar surface area (TPSA) is 44.4 Å².